The van der Waals surface area contributed by atoms with Gasteiger partial charge in [0.25, 0.3) is 0 Å². The van der Waals surface area contributed by atoms with Crippen LogP contribution in [0.1, 0.15) is 0 Å². The van der Waals surface area contributed by atoms with Crippen molar-refractivity contribution < 1.29 is 0 Å². The van der Waals surface area contributed by atoms with E-state index < -0.39 is 0 Å². The smallest absolute Gasteiger partial charge is 0.0367 e. The van der Waals surface area contributed by atoms with Gasteiger partial charge in [0.05, 0.1) is 0 Å². The summed E-state index contributed by atoms with van der Waals surface area (Å²) in [7, 11) is 4.18. The van der Waals surface area contributed by atoms with Crippen LogP contribution in [-0.4, -0.2) is 14.1 Å². The van der Waals surface area contributed by atoms with E-state index in [0.717, 1.165) is 0 Å². The van der Waals surface area contributed by atoms with E-state index in [0.29, 0.717) is 0 Å². The summed E-state index contributed by atoms with van der Waals surface area (Å²) >= 11 is 0. The zero-order chi connectivity index (χ0) is 14.4. The molecule has 21 heavy (non-hydrogen) atoms. The molecule has 1 heteroatoms. The first-order valence-electron chi connectivity index (χ1n) is 7.26. The second-order valence-corrected chi connectivity index (χ2v) is 5.72. The van der Waals surface area contributed by atoms with Gasteiger partial charge in [-0.25, -0.2) is 0 Å². The molecule has 1 nitrogen and oxygen atoms in total. The van der Waals surface area contributed by atoms with Gasteiger partial charge in [-0.1, -0.05) is 54.6 Å². The predicted octanol–water partition coefficient (Wildman–Crippen LogP) is 5.21. The monoisotopic (exact) mass is 271 g/mol. The maximum absolute atomic E-state index is 2.30. The Labute approximate surface area is 124 Å². The molecule has 0 N–H and O–H groups in total. The van der Waals surface area contributed by atoms with Crippen molar-refractivity contribution >= 4 is 38.0 Å². The lowest BCUT2D eigenvalue weighted by Gasteiger charge is -2.15. The Kier molecular flexibility index (Phi) is 2.61. The third-order valence-electron chi connectivity index (χ3n) is 4.24. The molecule has 4 aromatic carbocycles. The molecule has 0 spiro atoms. The maximum Gasteiger partial charge on any atom is 0.0367 e. The largest absolute Gasteiger partial charge is 0.378 e. The quantitative estimate of drug-likeness (QED) is 0.429. The van der Waals surface area contributed by atoms with Crippen molar-refractivity contribution in [1.82, 2.24) is 0 Å². The fourth-order valence-electron chi connectivity index (χ4n) is 3.17. The molecule has 0 radical (unpaired) electrons. The highest BCUT2D eigenvalue weighted by Gasteiger charge is 2.08. The molecule has 0 unspecified atom stereocenters. The van der Waals surface area contributed by atoms with Crippen molar-refractivity contribution in [3.8, 4) is 0 Å². The second-order valence-electron chi connectivity index (χ2n) is 5.72. The SMILES string of the molecule is CN(C)c1ccc2c3ccccc3c3ccccc3c2c1. The van der Waals surface area contributed by atoms with E-state index in [1.165, 1.54) is 38.0 Å². The topological polar surface area (TPSA) is 3.24 Å². The lowest BCUT2D eigenvalue weighted by atomic mass is 9.94. The Morgan fingerprint density at radius 2 is 0.952 bits per heavy atom. The molecule has 4 rings (SSSR count). The highest BCUT2D eigenvalue weighted by Crippen LogP contribution is 2.36. The molecule has 0 aliphatic heterocycles. The number of benzene rings is 4. The minimum Gasteiger partial charge on any atom is -0.378 e. The predicted molar refractivity (Wildman–Crippen MR) is 93.3 cm³/mol. The molecular weight excluding hydrogens is 254 g/mol. The average molecular weight is 271 g/mol. The molecule has 0 saturated heterocycles. The van der Waals surface area contributed by atoms with Crippen LogP contribution in [0.2, 0.25) is 0 Å². The standard InChI is InChI=1S/C20H17N/c1-21(2)14-11-12-19-17-9-4-3-7-15(17)16-8-5-6-10-18(16)20(19)13-14/h3-13H,1-2H3. The number of hydrogen-bond donors (Lipinski definition) is 0. The first-order chi connectivity index (χ1) is 10.3. The van der Waals surface area contributed by atoms with E-state index in [4.69, 9.17) is 0 Å². The third-order valence-corrected chi connectivity index (χ3v) is 4.24. The van der Waals surface area contributed by atoms with Crippen molar-refractivity contribution in [2.75, 3.05) is 19.0 Å². The first-order valence-corrected chi connectivity index (χ1v) is 7.26. The van der Waals surface area contributed by atoms with Gasteiger partial charge in [0.1, 0.15) is 0 Å². The lowest BCUT2D eigenvalue weighted by molar-refractivity contribution is 1.14. The third kappa shape index (κ3) is 1.78. The highest BCUT2D eigenvalue weighted by molar-refractivity contribution is 6.25. The second kappa shape index (κ2) is 4.49. The minimum atomic E-state index is 1.24. The summed E-state index contributed by atoms with van der Waals surface area (Å²) in [5.41, 5.74) is 1.24. The molecule has 102 valence electrons. The van der Waals surface area contributed by atoms with E-state index in [9.17, 15) is 0 Å². The van der Waals surface area contributed by atoms with Gasteiger partial charge in [-0.05, 0) is 44.5 Å². The van der Waals surface area contributed by atoms with Crippen molar-refractivity contribution in [2.24, 2.45) is 0 Å². The van der Waals surface area contributed by atoms with Crippen LogP contribution in [0.5, 0.6) is 0 Å². The first kappa shape index (κ1) is 12.2. The maximum atomic E-state index is 2.30. The van der Waals surface area contributed by atoms with Crippen LogP contribution >= 0.6 is 0 Å². The Morgan fingerprint density at radius 1 is 0.524 bits per heavy atom. The molecule has 0 heterocycles. The normalized spacial score (nSPS) is 11.3. The molecule has 0 amide bonds. The van der Waals surface area contributed by atoms with E-state index in [-0.39, 0.29) is 0 Å². The van der Waals surface area contributed by atoms with Crippen LogP contribution in [0.15, 0.2) is 66.7 Å². The van der Waals surface area contributed by atoms with Gasteiger partial charge in [0.2, 0.25) is 0 Å². The van der Waals surface area contributed by atoms with Crippen molar-refractivity contribution in [2.45, 2.75) is 0 Å². The fraction of sp³-hybridized carbons (Fsp3) is 0.100. The van der Waals surface area contributed by atoms with Gasteiger partial charge in [-0.15, -0.1) is 0 Å². The zero-order valence-electron chi connectivity index (χ0n) is 12.3. The van der Waals surface area contributed by atoms with Crippen molar-refractivity contribution in [1.29, 1.82) is 0 Å². The molecular formula is C20H17N. The number of hydrogen-bond acceptors (Lipinski definition) is 1. The Balaban J connectivity index is 2.30. The van der Waals surface area contributed by atoms with Crippen LogP contribution in [0.4, 0.5) is 5.69 Å². The molecule has 0 saturated carbocycles. The van der Waals surface area contributed by atoms with Gasteiger partial charge in [0.15, 0.2) is 0 Å². The van der Waals surface area contributed by atoms with Crippen LogP contribution in [0.3, 0.4) is 0 Å². The van der Waals surface area contributed by atoms with Gasteiger partial charge in [0, 0.05) is 19.8 Å². The lowest BCUT2D eigenvalue weighted by Crippen LogP contribution is -2.08. The fourth-order valence-corrected chi connectivity index (χ4v) is 3.17. The Bertz CT molecular complexity index is 932. The average Bonchev–Trinajstić information content (AvgIpc) is 2.54. The van der Waals surface area contributed by atoms with Gasteiger partial charge < -0.3 is 4.90 Å². The van der Waals surface area contributed by atoms with E-state index >= 15 is 0 Å². The van der Waals surface area contributed by atoms with Gasteiger partial charge in [-0.3, -0.25) is 0 Å². The highest BCUT2D eigenvalue weighted by atomic mass is 15.1. The summed E-state index contributed by atoms with van der Waals surface area (Å²) in [6, 6.07) is 24.1. The Hall–Kier alpha value is -2.54. The summed E-state index contributed by atoms with van der Waals surface area (Å²) in [6.45, 7) is 0. The summed E-state index contributed by atoms with van der Waals surface area (Å²) in [6.07, 6.45) is 0. The number of fused-ring (bicyclic) bond motifs is 6. The number of anilines is 1. The summed E-state index contributed by atoms with van der Waals surface area (Å²) in [5.74, 6) is 0. The summed E-state index contributed by atoms with van der Waals surface area (Å²) < 4.78 is 0. The number of nitrogens with zero attached hydrogens (tertiary/aromatic N) is 1. The van der Waals surface area contributed by atoms with Gasteiger partial charge in [-0.2, -0.15) is 0 Å². The molecule has 0 atom stereocenters. The molecule has 4 aromatic rings. The molecule has 0 bridgehead atoms. The van der Waals surface area contributed by atoms with Crippen molar-refractivity contribution in [3.05, 3.63) is 66.7 Å². The van der Waals surface area contributed by atoms with Crippen LogP contribution < -0.4 is 4.90 Å². The van der Waals surface area contributed by atoms with Crippen LogP contribution in [0, 0.1) is 0 Å². The zero-order valence-corrected chi connectivity index (χ0v) is 12.3. The van der Waals surface area contributed by atoms with Crippen molar-refractivity contribution in [3.63, 3.8) is 0 Å². The Morgan fingerprint density at radius 3 is 1.43 bits per heavy atom. The van der Waals surface area contributed by atoms with E-state index in [1.54, 1.807) is 0 Å². The molecule has 0 aromatic heterocycles. The summed E-state index contributed by atoms with van der Waals surface area (Å²) in [5, 5.41) is 7.98. The van der Waals surface area contributed by atoms with E-state index in [2.05, 4.69) is 85.7 Å². The molecule has 0 aliphatic rings. The molecule has 0 fully saturated rings. The number of rotatable bonds is 1. The van der Waals surface area contributed by atoms with Crippen LogP contribution in [0.25, 0.3) is 32.3 Å². The van der Waals surface area contributed by atoms with Gasteiger partial charge >= 0.3 is 0 Å². The molecule has 0 aliphatic carbocycles. The van der Waals surface area contributed by atoms with Crippen LogP contribution in [-0.2, 0) is 0 Å². The minimum absolute atomic E-state index is 1.24. The summed E-state index contributed by atoms with van der Waals surface area (Å²) in [4.78, 5) is 2.16. The van der Waals surface area contributed by atoms with E-state index in [1.807, 2.05) is 0 Å².